The highest BCUT2D eigenvalue weighted by Gasteiger charge is 2.13. The van der Waals surface area contributed by atoms with E-state index in [1.165, 1.54) is 11.3 Å². The number of carboxylic acid groups (broad SMARTS) is 1. The van der Waals surface area contributed by atoms with Gasteiger partial charge in [-0.25, -0.2) is 4.98 Å². The van der Waals surface area contributed by atoms with Crippen LogP contribution in [0.25, 0.3) is 21.9 Å². The SMILES string of the molecule is O=C(O)C/C(=C\c1cccc(Oc2ccc(Cl)cc2)c1)c1nc2ccccc2s1. The van der Waals surface area contributed by atoms with Crippen molar-refractivity contribution < 1.29 is 14.6 Å². The molecule has 0 saturated carbocycles. The van der Waals surface area contributed by atoms with Crippen molar-refractivity contribution in [3.05, 3.63) is 88.4 Å². The van der Waals surface area contributed by atoms with Crippen LogP contribution in [0.1, 0.15) is 17.0 Å². The van der Waals surface area contributed by atoms with E-state index in [1.54, 1.807) is 24.3 Å². The molecule has 0 radical (unpaired) electrons. The summed E-state index contributed by atoms with van der Waals surface area (Å²) in [6, 6.07) is 22.4. The van der Waals surface area contributed by atoms with Gasteiger partial charge in [0.1, 0.15) is 16.5 Å². The van der Waals surface area contributed by atoms with Crippen LogP contribution in [0.4, 0.5) is 0 Å². The molecule has 0 unspecified atom stereocenters. The van der Waals surface area contributed by atoms with Gasteiger partial charge in [-0.15, -0.1) is 11.3 Å². The number of para-hydroxylation sites is 1. The van der Waals surface area contributed by atoms with Gasteiger partial charge in [-0.05, 0) is 65.7 Å². The Hall–Kier alpha value is -3.15. The summed E-state index contributed by atoms with van der Waals surface area (Å²) in [6.45, 7) is 0. The van der Waals surface area contributed by atoms with E-state index in [-0.39, 0.29) is 6.42 Å². The number of ether oxygens (including phenoxy) is 1. The largest absolute Gasteiger partial charge is 0.481 e. The zero-order chi connectivity index (χ0) is 20.2. The minimum Gasteiger partial charge on any atom is -0.481 e. The Morgan fingerprint density at radius 2 is 1.83 bits per heavy atom. The summed E-state index contributed by atoms with van der Waals surface area (Å²) in [5.41, 5.74) is 2.36. The van der Waals surface area contributed by atoms with Gasteiger partial charge in [-0.2, -0.15) is 0 Å². The number of carboxylic acids is 1. The molecule has 4 aromatic rings. The second-order valence-electron chi connectivity index (χ2n) is 6.36. The monoisotopic (exact) mass is 421 g/mol. The van der Waals surface area contributed by atoms with Gasteiger partial charge in [0.25, 0.3) is 0 Å². The molecule has 0 atom stereocenters. The van der Waals surface area contributed by atoms with Gasteiger partial charge >= 0.3 is 5.97 Å². The topological polar surface area (TPSA) is 59.4 Å². The lowest BCUT2D eigenvalue weighted by Gasteiger charge is -2.07. The van der Waals surface area contributed by atoms with Crippen LogP contribution in [0.3, 0.4) is 0 Å². The quantitative estimate of drug-likeness (QED) is 0.373. The van der Waals surface area contributed by atoms with Crippen molar-refractivity contribution in [3.63, 3.8) is 0 Å². The maximum atomic E-state index is 11.4. The zero-order valence-electron chi connectivity index (χ0n) is 15.2. The third kappa shape index (κ3) is 4.83. The molecule has 0 spiro atoms. The molecule has 1 heterocycles. The molecular weight excluding hydrogens is 406 g/mol. The molecule has 6 heteroatoms. The lowest BCUT2D eigenvalue weighted by Crippen LogP contribution is -1.97. The third-order valence-corrected chi connectivity index (χ3v) is 5.52. The van der Waals surface area contributed by atoms with E-state index in [4.69, 9.17) is 16.3 Å². The van der Waals surface area contributed by atoms with E-state index in [9.17, 15) is 9.90 Å². The van der Waals surface area contributed by atoms with Crippen LogP contribution in [0, 0.1) is 0 Å². The highest BCUT2D eigenvalue weighted by Crippen LogP contribution is 2.31. The molecule has 4 nitrogen and oxygen atoms in total. The summed E-state index contributed by atoms with van der Waals surface area (Å²) < 4.78 is 6.90. The van der Waals surface area contributed by atoms with Crippen LogP contribution in [0.5, 0.6) is 11.5 Å². The highest BCUT2D eigenvalue weighted by molar-refractivity contribution is 7.19. The molecule has 0 aliphatic heterocycles. The molecule has 3 aromatic carbocycles. The van der Waals surface area contributed by atoms with Crippen LogP contribution in [0.15, 0.2) is 72.8 Å². The number of aromatic nitrogens is 1. The van der Waals surface area contributed by atoms with Crippen LogP contribution >= 0.6 is 22.9 Å². The van der Waals surface area contributed by atoms with Crippen molar-refractivity contribution in [1.29, 1.82) is 0 Å². The summed E-state index contributed by atoms with van der Waals surface area (Å²) in [5.74, 6) is 0.427. The number of fused-ring (bicyclic) bond motifs is 1. The smallest absolute Gasteiger partial charge is 0.307 e. The zero-order valence-corrected chi connectivity index (χ0v) is 16.8. The number of benzene rings is 3. The first-order valence-electron chi connectivity index (χ1n) is 8.88. The molecule has 29 heavy (non-hydrogen) atoms. The molecule has 4 rings (SSSR count). The van der Waals surface area contributed by atoms with Gasteiger partial charge in [-0.1, -0.05) is 35.9 Å². The molecule has 0 bridgehead atoms. The lowest BCUT2D eigenvalue weighted by atomic mass is 10.1. The Morgan fingerprint density at radius 3 is 2.59 bits per heavy atom. The van der Waals surface area contributed by atoms with Crippen molar-refractivity contribution in [2.24, 2.45) is 0 Å². The van der Waals surface area contributed by atoms with Crippen molar-refractivity contribution in [2.45, 2.75) is 6.42 Å². The first-order valence-corrected chi connectivity index (χ1v) is 10.1. The Labute approximate surface area is 176 Å². The van der Waals surface area contributed by atoms with Crippen LogP contribution < -0.4 is 4.74 Å². The number of carbonyl (C=O) groups is 1. The summed E-state index contributed by atoms with van der Waals surface area (Å²) in [5, 5.41) is 10.7. The van der Waals surface area contributed by atoms with Crippen LogP contribution in [0.2, 0.25) is 5.02 Å². The second kappa shape index (κ2) is 8.47. The first kappa shape index (κ1) is 19.2. The average molecular weight is 422 g/mol. The number of aliphatic carboxylic acids is 1. The standard InChI is InChI=1S/C23H16ClNO3S/c24-17-8-10-18(11-9-17)28-19-5-3-4-15(13-19)12-16(14-22(26)27)23-25-20-6-1-2-7-21(20)29-23/h1-13H,14H2,(H,26,27)/b16-12+. The van der Waals surface area contributed by atoms with Gasteiger partial charge in [0.2, 0.25) is 0 Å². The fraction of sp³-hybridized carbons (Fsp3) is 0.0435. The summed E-state index contributed by atoms with van der Waals surface area (Å²) >= 11 is 7.40. The molecule has 144 valence electrons. The Balaban J connectivity index is 1.66. The fourth-order valence-corrected chi connectivity index (χ4v) is 3.97. The van der Waals surface area contributed by atoms with E-state index in [0.717, 1.165) is 15.8 Å². The predicted molar refractivity (Wildman–Crippen MR) is 118 cm³/mol. The highest BCUT2D eigenvalue weighted by atomic mass is 35.5. The summed E-state index contributed by atoms with van der Waals surface area (Å²) in [6.07, 6.45) is 1.74. The summed E-state index contributed by atoms with van der Waals surface area (Å²) in [4.78, 5) is 16.0. The van der Waals surface area contributed by atoms with Gasteiger partial charge in [-0.3, -0.25) is 4.79 Å². The van der Waals surface area contributed by atoms with Gasteiger partial charge in [0.15, 0.2) is 0 Å². The maximum Gasteiger partial charge on any atom is 0.307 e. The second-order valence-corrected chi connectivity index (χ2v) is 7.82. The number of hydrogen-bond acceptors (Lipinski definition) is 4. The van der Waals surface area contributed by atoms with Crippen molar-refractivity contribution in [3.8, 4) is 11.5 Å². The van der Waals surface area contributed by atoms with Crippen LogP contribution in [-0.4, -0.2) is 16.1 Å². The Bertz CT molecular complexity index is 1170. The maximum absolute atomic E-state index is 11.4. The first-order chi connectivity index (χ1) is 14.1. The van der Waals surface area contributed by atoms with Crippen LogP contribution in [-0.2, 0) is 4.79 Å². The Kier molecular flexibility index (Phi) is 5.60. The molecule has 1 N–H and O–H groups in total. The van der Waals surface area contributed by atoms with E-state index in [2.05, 4.69) is 4.98 Å². The summed E-state index contributed by atoms with van der Waals surface area (Å²) in [7, 11) is 0. The minimum atomic E-state index is -0.899. The number of halogens is 1. The van der Waals surface area contributed by atoms with Gasteiger partial charge < -0.3 is 9.84 Å². The van der Waals surface area contributed by atoms with Gasteiger partial charge in [0.05, 0.1) is 16.6 Å². The third-order valence-electron chi connectivity index (χ3n) is 4.16. The van der Waals surface area contributed by atoms with Crippen molar-refractivity contribution in [1.82, 2.24) is 4.98 Å². The van der Waals surface area contributed by atoms with Crippen molar-refractivity contribution >= 4 is 50.8 Å². The molecule has 0 saturated heterocycles. The molecule has 0 aliphatic rings. The number of thiazole rings is 1. The van der Waals surface area contributed by atoms with E-state index in [0.29, 0.717) is 27.1 Å². The molecule has 0 aliphatic carbocycles. The lowest BCUT2D eigenvalue weighted by molar-refractivity contribution is -0.135. The molecule has 0 fully saturated rings. The minimum absolute atomic E-state index is 0.109. The van der Waals surface area contributed by atoms with E-state index < -0.39 is 5.97 Å². The normalized spacial score (nSPS) is 11.6. The predicted octanol–water partition coefficient (Wildman–Crippen LogP) is 6.76. The molecule has 1 aromatic heterocycles. The van der Waals surface area contributed by atoms with Crippen molar-refractivity contribution in [2.75, 3.05) is 0 Å². The fourth-order valence-electron chi connectivity index (χ4n) is 2.87. The Morgan fingerprint density at radius 1 is 1.03 bits per heavy atom. The number of rotatable bonds is 6. The van der Waals surface area contributed by atoms with E-state index >= 15 is 0 Å². The van der Waals surface area contributed by atoms with E-state index in [1.807, 2.05) is 54.6 Å². The number of hydrogen-bond donors (Lipinski definition) is 1. The molecule has 0 amide bonds. The number of nitrogens with zero attached hydrogens (tertiary/aromatic N) is 1. The average Bonchev–Trinajstić information content (AvgIpc) is 3.14. The molecular formula is C23H16ClNO3S. The van der Waals surface area contributed by atoms with Gasteiger partial charge in [0, 0.05) is 5.02 Å².